The summed E-state index contributed by atoms with van der Waals surface area (Å²) in [4.78, 5) is 29.7. The number of carbonyl (C=O) groups is 2. The molecule has 1 fully saturated rings. The van der Waals surface area contributed by atoms with Crippen LogP contribution in [0.5, 0.6) is 5.75 Å². The average molecular weight is 544 g/mol. The molecular formula is C28H29N7O3S. The third-order valence-corrected chi connectivity index (χ3v) is 7.47. The topological polar surface area (TPSA) is 105 Å². The van der Waals surface area contributed by atoms with E-state index in [9.17, 15) is 9.59 Å². The summed E-state index contributed by atoms with van der Waals surface area (Å²) in [6.07, 6.45) is 0. The van der Waals surface area contributed by atoms with Crippen LogP contribution >= 0.6 is 11.8 Å². The highest BCUT2D eigenvalue weighted by Gasteiger charge is 2.23. The highest BCUT2D eigenvalue weighted by atomic mass is 32.2. The van der Waals surface area contributed by atoms with Gasteiger partial charge in [0.15, 0.2) is 0 Å². The lowest BCUT2D eigenvalue weighted by Crippen LogP contribution is -2.48. The van der Waals surface area contributed by atoms with E-state index in [0.29, 0.717) is 23.9 Å². The molecule has 4 aromatic rings. The Morgan fingerprint density at radius 2 is 1.62 bits per heavy atom. The summed E-state index contributed by atoms with van der Waals surface area (Å²) >= 11 is 1.26. The second kappa shape index (κ2) is 12.0. The lowest BCUT2D eigenvalue weighted by molar-refractivity contribution is -0.113. The first-order chi connectivity index (χ1) is 19.0. The number of hydrogen-bond acceptors (Lipinski definition) is 8. The van der Waals surface area contributed by atoms with Crippen molar-refractivity contribution in [2.24, 2.45) is 0 Å². The van der Waals surface area contributed by atoms with Crippen molar-refractivity contribution in [3.05, 3.63) is 83.9 Å². The molecule has 0 aliphatic carbocycles. The van der Waals surface area contributed by atoms with Crippen molar-refractivity contribution in [3.63, 3.8) is 0 Å². The average Bonchev–Trinajstić information content (AvgIpc) is 3.45. The van der Waals surface area contributed by atoms with Crippen LogP contribution in [-0.2, 0) is 4.79 Å². The molecule has 1 aliphatic rings. The van der Waals surface area contributed by atoms with Crippen LogP contribution in [0.1, 0.15) is 15.9 Å². The molecule has 0 atom stereocenters. The molecule has 1 aromatic heterocycles. The van der Waals surface area contributed by atoms with Gasteiger partial charge in [0.25, 0.3) is 5.91 Å². The number of aromatic nitrogens is 4. The molecule has 0 bridgehead atoms. The minimum Gasteiger partial charge on any atom is -0.497 e. The predicted octanol–water partition coefficient (Wildman–Crippen LogP) is 3.67. The first-order valence-corrected chi connectivity index (χ1v) is 13.6. The third kappa shape index (κ3) is 6.20. The van der Waals surface area contributed by atoms with E-state index in [1.54, 1.807) is 11.8 Å². The number of anilines is 2. The zero-order valence-electron chi connectivity index (χ0n) is 21.8. The number of rotatable bonds is 8. The number of amides is 2. The van der Waals surface area contributed by atoms with E-state index in [1.165, 1.54) is 11.8 Å². The fourth-order valence-corrected chi connectivity index (χ4v) is 5.08. The van der Waals surface area contributed by atoms with Crippen molar-refractivity contribution in [3.8, 4) is 11.4 Å². The number of tetrazole rings is 1. The zero-order chi connectivity index (χ0) is 27.2. The fraction of sp³-hybridized carbons (Fsp3) is 0.250. The minimum absolute atomic E-state index is 0.0849. The molecule has 1 saturated heterocycles. The second-order valence-electron chi connectivity index (χ2n) is 9.05. The van der Waals surface area contributed by atoms with Gasteiger partial charge >= 0.3 is 0 Å². The van der Waals surface area contributed by atoms with E-state index < -0.39 is 0 Å². The van der Waals surface area contributed by atoms with E-state index >= 15 is 0 Å². The van der Waals surface area contributed by atoms with Crippen LogP contribution in [0.4, 0.5) is 11.4 Å². The Kier molecular flexibility index (Phi) is 8.07. The summed E-state index contributed by atoms with van der Waals surface area (Å²) < 4.78 is 6.77. The van der Waals surface area contributed by atoms with Crippen molar-refractivity contribution in [2.75, 3.05) is 49.3 Å². The summed E-state index contributed by atoms with van der Waals surface area (Å²) in [5.41, 5.74) is 4.31. The molecule has 10 nitrogen and oxygen atoms in total. The van der Waals surface area contributed by atoms with Gasteiger partial charge < -0.3 is 19.9 Å². The Labute approximate surface area is 230 Å². The van der Waals surface area contributed by atoms with Crippen LogP contribution in [-0.4, -0.2) is 76.0 Å². The highest BCUT2D eigenvalue weighted by Crippen LogP contribution is 2.23. The van der Waals surface area contributed by atoms with E-state index in [1.807, 2.05) is 84.6 Å². The Morgan fingerprint density at radius 1 is 0.923 bits per heavy atom. The number of methoxy groups -OCH3 is 1. The highest BCUT2D eigenvalue weighted by molar-refractivity contribution is 7.99. The van der Waals surface area contributed by atoms with Gasteiger partial charge in [0.1, 0.15) is 5.75 Å². The standard InChI is InChI=1S/C28H29N7O3S/c1-20-5-3-4-6-25(20)27(37)34-17-15-33(16-18-34)22-9-7-21(8-10-22)29-26(36)19-39-28-30-31-32-35(28)23-11-13-24(38-2)14-12-23/h3-14H,15-19H2,1-2H3,(H,29,36). The quantitative estimate of drug-likeness (QED) is 0.336. The van der Waals surface area contributed by atoms with Crippen molar-refractivity contribution in [2.45, 2.75) is 12.1 Å². The Balaban J connectivity index is 1.11. The van der Waals surface area contributed by atoms with Crippen molar-refractivity contribution >= 4 is 35.0 Å². The molecule has 0 radical (unpaired) electrons. The van der Waals surface area contributed by atoms with Gasteiger partial charge in [0.05, 0.1) is 18.6 Å². The fourth-order valence-electron chi connectivity index (χ4n) is 4.39. The largest absolute Gasteiger partial charge is 0.497 e. The van der Waals surface area contributed by atoms with E-state index in [4.69, 9.17) is 4.74 Å². The van der Waals surface area contributed by atoms with Gasteiger partial charge in [-0.05, 0) is 77.5 Å². The van der Waals surface area contributed by atoms with Gasteiger partial charge in [-0.3, -0.25) is 9.59 Å². The lowest BCUT2D eigenvalue weighted by Gasteiger charge is -2.36. The molecule has 0 saturated carbocycles. The third-order valence-electron chi connectivity index (χ3n) is 6.55. The molecule has 1 aliphatic heterocycles. The lowest BCUT2D eigenvalue weighted by atomic mass is 10.1. The molecule has 5 rings (SSSR count). The molecule has 2 amide bonds. The number of nitrogens with one attached hydrogen (secondary N) is 1. The van der Waals surface area contributed by atoms with Crippen LogP contribution in [0.15, 0.2) is 78.0 Å². The smallest absolute Gasteiger partial charge is 0.254 e. The molecule has 2 heterocycles. The maximum Gasteiger partial charge on any atom is 0.254 e. The maximum atomic E-state index is 12.9. The van der Waals surface area contributed by atoms with Crippen molar-refractivity contribution in [1.82, 2.24) is 25.1 Å². The zero-order valence-corrected chi connectivity index (χ0v) is 22.6. The Hall–Kier alpha value is -4.38. The van der Waals surface area contributed by atoms with Crippen LogP contribution in [0.25, 0.3) is 5.69 Å². The number of piperazine rings is 1. The van der Waals surface area contributed by atoms with Gasteiger partial charge in [-0.1, -0.05) is 30.0 Å². The Morgan fingerprint density at radius 3 is 2.31 bits per heavy atom. The van der Waals surface area contributed by atoms with Crippen molar-refractivity contribution in [1.29, 1.82) is 0 Å². The molecular weight excluding hydrogens is 514 g/mol. The molecule has 0 unspecified atom stereocenters. The van der Waals surface area contributed by atoms with Gasteiger partial charge in [0.2, 0.25) is 11.1 Å². The van der Waals surface area contributed by atoms with Crippen LogP contribution in [0.3, 0.4) is 0 Å². The molecule has 1 N–H and O–H groups in total. The minimum atomic E-state index is -0.152. The van der Waals surface area contributed by atoms with E-state index in [2.05, 4.69) is 25.7 Å². The summed E-state index contributed by atoms with van der Waals surface area (Å²) in [6.45, 7) is 4.80. The van der Waals surface area contributed by atoms with Gasteiger partial charge in [-0.15, -0.1) is 5.10 Å². The molecule has 200 valence electrons. The van der Waals surface area contributed by atoms with Gasteiger partial charge in [-0.2, -0.15) is 4.68 Å². The molecule has 11 heteroatoms. The first kappa shape index (κ1) is 26.2. The van der Waals surface area contributed by atoms with Gasteiger partial charge in [-0.25, -0.2) is 0 Å². The summed E-state index contributed by atoms with van der Waals surface area (Å²) in [5.74, 6) is 0.832. The first-order valence-electron chi connectivity index (χ1n) is 12.6. The van der Waals surface area contributed by atoms with Crippen molar-refractivity contribution < 1.29 is 14.3 Å². The van der Waals surface area contributed by atoms with E-state index in [-0.39, 0.29) is 17.6 Å². The van der Waals surface area contributed by atoms with Crippen LogP contribution < -0.4 is 15.0 Å². The number of thioether (sulfide) groups is 1. The Bertz CT molecular complexity index is 1430. The predicted molar refractivity (Wildman–Crippen MR) is 151 cm³/mol. The number of benzene rings is 3. The normalized spacial score (nSPS) is 13.3. The molecule has 3 aromatic carbocycles. The number of hydrogen-bond donors (Lipinski definition) is 1. The second-order valence-corrected chi connectivity index (χ2v) is 9.99. The summed E-state index contributed by atoms with van der Waals surface area (Å²) in [7, 11) is 1.61. The summed E-state index contributed by atoms with van der Waals surface area (Å²) in [5, 5.41) is 15.3. The van der Waals surface area contributed by atoms with Crippen LogP contribution in [0.2, 0.25) is 0 Å². The maximum absolute atomic E-state index is 12.9. The molecule has 39 heavy (non-hydrogen) atoms. The van der Waals surface area contributed by atoms with E-state index in [0.717, 1.165) is 41.3 Å². The number of aryl methyl sites for hydroxylation is 1. The van der Waals surface area contributed by atoms with Gasteiger partial charge in [0, 0.05) is 43.1 Å². The number of nitrogens with zero attached hydrogens (tertiary/aromatic N) is 6. The summed E-state index contributed by atoms with van der Waals surface area (Å²) in [6, 6.07) is 22.8. The number of carbonyl (C=O) groups excluding carboxylic acids is 2. The monoisotopic (exact) mass is 543 g/mol. The number of ether oxygens (including phenoxy) is 1. The van der Waals surface area contributed by atoms with Crippen LogP contribution in [0, 0.1) is 6.92 Å². The molecule has 0 spiro atoms. The SMILES string of the molecule is COc1ccc(-n2nnnc2SCC(=O)Nc2ccc(N3CCN(C(=O)c4ccccc4C)CC3)cc2)cc1.